The number of benzene rings is 1. The Morgan fingerprint density at radius 1 is 1.43 bits per heavy atom. The molecule has 1 aromatic rings. The van der Waals surface area contributed by atoms with Crippen LogP contribution in [0.4, 0.5) is 10.1 Å². The van der Waals surface area contributed by atoms with E-state index in [1.54, 1.807) is 6.07 Å². The number of anilines is 1. The van der Waals surface area contributed by atoms with Gasteiger partial charge in [-0.15, -0.1) is 0 Å². The highest BCUT2D eigenvalue weighted by atomic mass is 19.1. The number of hydrogen-bond donors (Lipinski definition) is 2. The summed E-state index contributed by atoms with van der Waals surface area (Å²) in [5, 5.41) is 0. The Morgan fingerprint density at radius 2 is 2.07 bits per heavy atom. The maximum absolute atomic E-state index is 13.4. The fourth-order valence-electron chi connectivity index (χ4n) is 1.47. The van der Waals surface area contributed by atoms with Crippen LogP contribution in [0.15, 0.2) is 12.1 Å². The van der Waals surface area contributed by atoms with Crippen LogP contribution in [0.2, 0.25) is 0 Å². The first-order valence-electron chi connectivity index (χ1n) is 4.87. The van der Waals surface area contributed by atoms with Gasteiger partial charge in [0, 0.05) is 17.3 Å². The molecular weight excluding hydrogens is 179 g/mol. The lowest BCUT2D eigenvalue weighted by Gasteiger charge is -2.13. The molecule has 0 saturated heterocycles. The first-order valence-corrected chi connectivity index (χ1v) is 4.87. The molecule has 78 valence electrons. The molecule has 2 nitrogen and oxygen atoms in total. The van der Waals surface area contributed by atoms with Gasteiger partial charge in [0.25, 0.3) is 0 Å². The van der Waals surface area contributed by atoms with E-state index in [0.717, 1.165) is 18.4 Å². The Hall–Kier alpha value is -1.09. The molecule has 0 fully saturated rings. The van der Waals surface area contributed by atoms with Crippen molar-refractivity contribution in [3.63, 3.8) is 0 Å². The van der Waals surface area contributed by atoms with Crippen molar-refractivity contribution in [2.45, 2.75) is 32.7 Å². The van der Waals surface area contributed by atoms with E-state index in [4.69, 9.17) is 11.5 Å². The third-order valence-corrected chi connectivity index (χ3v) is 2.38. The van der Waals surface area contributed by atoms with Crippen LogP contribution in [0.25, 0.3) is 0 Å². The molecule has 0 bridgehead atoms. The van der Waals surface area contributed by atoms with Crippen LogP contribution in [0.5, 0.6) is 0 Å². The van der Waals surface area contributed by atoms with Crippen molar-refractivity contribution in [2.24, 2.45) is 5.73 Å². The highest BCUT2D eigenvalue weighted by Crippen LogP contribution is 2.23. The van der Waals surface area contributed by atoms with E-state index < -0.39 is 0 Å². The third-order valence-electron chi connectivity index (χ3n) is 2.38. The normalized spacial score (nSPS) is 12.9. The van der Waals surface area contributed by atoms with Gasteiger partial charge >= 0.3 is 0 Å². The smallest absolute Gasteiger partial charge is 0.130 e. The standard InChI is InChI=1S/C11H17FN2/c1-3-4-10(13)8-5-7(2)11(14)6-9(8)12/h5-6,10H,3-4,13-14H2,1-2H3/t10-/m1/s1. The Kier molecular flexibility index (Phi) is 3.47. The molecule has 0 aromatic heterocycles. The molecule has 14 heavy (non-hydrogen) atoms. The minimum absolute atomic E-state index is 0.223. The molecule has 0 amide bonds. The summed E-state index contributed by atoms with van der Waals surface area (Å²) >= 11 is 0. The number of aryl methyl sites for hydroxylation is 1. The second kappa shape index (κ2) is 4.42. The van der Waals surface area contributed by atoms with Gasteiger partial charge in [-0.05, 0) is 31.0 Å². The molecular formula is C11H17FN2. The Balaban J connectivity index is 3.02. The lowest BCUT2D eigenvalue weighted by Crippen LogP contribution is -2.12. The first kappa shape index (κ1) is 11.0. The average molecular weight is 196 g/mol. The van der Waals surface area contributed by atoms with Gasteiger partial charge in [-0.3, -0.25) is 0 Å². The van der Waals surface area contributed by atoms with Crippen molar-refractivity contribution < 1.29 is 4.39 Å². The summed E-state index contributed by atoms with van der Waals surface area (Å²) in [4.78, 5) is 0. The molecule has 1 atom stereocenters. The topological polar surface area (TPSA) is 52.0 Å². The molecule has 0 unspecified atom stereocenters. The minimum Gasteiger partial charge on any atom is -0.398 e. The maximum Gasteiger partial charge on any atom is 0.130 e. The number of nitrogens with two attached hydrogens (primary N) is 2. The predicted octanol–water partition coefficient (Wildman–Crippen LogP) is 2.52. The summed E-state index contributed by atoms with van der Waals surface area (Å²) in [6, 6.07) is 2.87. The zero-order valence-corrected chi connectivity index (χ0v) is 8.68. The largest absolute Gasteiger partial charge is 0.398 e. The van der Waals surface area contributed by atoms with Gasteiger partial charge in [-0.1, -0.05) is 13.3 Å². The van der Waals surface area contributed by atoms with E-state index in [0.29, 0.717) is 11.3 Å². The van der Waals surface area contributed by atoms with Crippen molar-refractivity contribution in [3.05, 3.63) is 29.1 Å². The van der Waals surface area contributed by atoms with Crippen molar-refractivity contribution in [1.29, 1.82) is 0 Å². The van der Waals surface area contributed by atoms with Crippen molar-refractivity contribution in [2.75, 3.05) is 5.73 Å². The Labute approximate surface area is 84.1 Å². The minimum atomic E-state index is -0.297. The van der Waals surface area contributed by atoms with Gasteiger partial charge in [0.15, 0.2) is 0 Å². The van der Waals surface area contributed by atoms with E-state index in [1.807, 2.05) is 13.8 Å². The van der Waals surface area contributed by atoms with Crippen molar-refractivity contribution >= 4 is 5.69 Å². The summed E-state index contributed by atoms with van der Waals surface area (Å²) < 4.78 is 13.4. The zero-order chi connectivity index (χ0) is 10.7. The van der Waals surface area contributed by atoms with E-state index >= 15 is 0 Å². The molecule has 0 aliphatic rings. The fraction of sp³-hybridized carbons (Fsp3) is 0.455. The monoisotopic (exact) mass is 196 g/mol. The molecule has 0 spiro atoms. The molecule has 1 rings (SSSR count). The van der Waals surface area contributed by atoms with Gasteiger partial charge < -0.3 is 11.5 Å². The van der Waals surface area contributed by atoms with E-state index in [2.05, 4.69) is 0 Å². The summed E-state index contributed by atoms with van der Waals surface area (Å²) in [6.07, 6.45) is 1.74. The second-order valence-corrected chi connectivity index (χ2v) is 3.63. The summed E-state index contributed by atoms with van der Waals surface area (Å²) in [5.74, 6) is -0.297. The van der Waals surface area contributed by atoms with Crippen LogP contribution in [-0.4, -0.2) is 0 Å². The Morgan fingerprint density at radius 3 is 2.64 bits per heavy atom. The lowest BCUT2D eigenvalue weighted by molar-refractivity contribution is 0.560. The fourth-order valence-corrected chi connectivity index (χ4v) is 1.47. The molecule has 0 aliphatic heterocycles. The van der Waals surface area contributed by atoms with Gasteiger partial charge in [0.2, 0.25) is 0 Å². The first-order chi connectivity index (χ1) is 6.56. The van der Waals surface area contributed by atoms with E-state index in [-0.39, 0.29) is 11.9 Å². The maximum atomic E-state index is 13.4. The second-order valence-electron chi connectivity index (χ2n) is 3.63. The average Bonchev–Trinajstić information content (AvgIpc) is 2.11. The zero-order valence-electron chi connectivity index (χ0n) is 8.68. The van der Waals surface area contributed by atoms with Crippen LogP contribution >= 0.6 is 0 Å². The van der Waals surface area contributed by atoms with Crippen LogP contribution in [0, 0.1) is 12.7 Å². The van der Waals surface area contributed by atoms with Crippen LogP contribution in [-0.2, 0) is 0 Å². The van der Waals surface area contributed by atoms with Crippen LogP contribution in [0.1, 0.15) is 36.9 Å². The number of hydrogen-bond acceptors (Lipinski definition) is 2. The van der Waals surface area contributed by atoms with Crippen molar-refractivity contribution in [1.82, 2.24) is 0 Å². The van der Waals surface area contributed by atoms with Crippen molar-refractivity contribution in [3.8, 4) is 0 Å². The summed E-state index contributed by atoms with van der Waals surface area (Å²) in [7, 11) is 0. The lowest BCUT2D eigenvalue weighted by atomic mass is 10.00. The number of nitrogen functional groups attached to an aromatic ring is 1. The van der Waals surface area contributed by atoms with Gasteiger partial charge in [0.1, 0.15) is 5.82 Å². The quantitative estimate of drug-likeness (QED) is 0.730. The van der Waals surface area contributed by atoms with Gasteiger partial charge in [-0.25, -0.2) is 4.39 Å². The SMILES string of the molecule is CCC[C@@H](N)c1cc(C)c(N)cc1F. The van der Waals surface area contributed by atoms with E-state index in [1.165, 1.54) is 6.07 Å². The molecule has 0 radical (unpaired) electrons. The van der Waals surface area contributed by atoms with Crippen LogP contribution < -0.4 is 11.5 Å². The highest BCUT2D eigenvalue weighted by molar-refractivity contribution is 5.49. The van der Waals surface area contributed by atoms with Crippen LogP contribution in [0.3, 0.4) is 0 Å². The predicted molar refractivity (Wildman–Crippen MR) is 57.4 cm³/mol. The molecule has 0 saturated carbocycles. The molecule has 1 aromatic carbocycles. The highest BCUT2D eigenvalue weighted by Gasteiger charge is 2.12. The molecule has 3 heteroatoms. The summed E-state index contributed by atoms with van der Waals surface area (Å²) in [5.41, 5.74) is 13.4. The molecule has 4 N–H and O–H groups in total. The summed E-state index contributed by atoms with van der Waals surface area (Å²) in [6.45, 7) is 3.89. The molecule has 0 heterocycles. The third kappa shape index (κ3) is 2.23. The number of rotatable bonds is 3. The van der Waals surface area contributed by atoms with Gasteiger partial charge in [0.05, 0.1) is 0 Å². The number of halogens is 1. The van der Waals surface area contributed by atoms with E-state index in [9.17, 15) is 4.39 Å². The van der Waals surface area contributed by atoms with Gasteiger partial charge in [-0.2, -0.15) is 0 Å². The molecule has 0 aliphatic carbocycles. The Bertz CT molecular complexity index is 323.